The highest BCUT2D eigenvalue weighted by molar-refractivity contribution is 5.86. The fourth-order valence-electron chi connectivity index (χ4n) is 2.25. The van der Waals surface area contributed by atoms with Gasteiger partial charge in [0, 0.05) is 5.69 Å². The third kappa shape index (κ3) is 1.43. The van der Waals surface area contributed by atoms with Crippen molar-refractivity contribution in [1.82, 2.24) is 29.9 Å². The zero-order valence-electron chi connectivity index (χ0n) is 10.2. The number of hydrogen-bond acceptors (Lipinski definition) is 4. The van der Waals surface area contributed by atoms with Gasteiger partial charge in [-0.2, -0.15) is 4.68 Å². The molecule has 6 heteroatoms. The van der Waals surface area contributed by atoms with Crippen molar-refractivity contribution in [3.63, 3.8) is 0 Å². The van der Waals surface area contributed by atoms with E-state index in [0.717, 1.165) is 33.6 Å². The molecule has 4 aromatic rings. The number of para-hydroxylation sites is 1. The topological polar surface area (TPSA) is 72.3 Å². The third-order valence-electron chi connectivity index (χ3n) is 3.09. The van der Waals surface area contributed by atoms with Crippen molar-refractivity contribution < 1.29 is 0 Å². The Labute approximate surface area is 108 Å². The number of rotatable bonds is 1. The molecule has 0 fully saturated rings. The van der Waals surface area contributed by atoms with E-state index >= 15 is 0 Å². The molecule has 0 spiro atoms. The van der Waals surface area contributed by atoms with Gasteiger partial charge in [-0.15, -0.1) is 5.10 Å². The van der Waals surface area contributed by atoms with Gasteiger partial charge in [-0.3, -0.25) is 0 Å². The first-order valence-corrected chi connectivity index (χ1v) is 5.94. The molecule has 19 heavy (non-hydrogen) atoms. The Morgan fingerprint density at radius 2 is 2.05 bits per heavy atom. The lowest BCUT2D eigenvalue weighted by Gasteiger charge is -2.01. The number of nitrogens with one attached hydrogen (secondary N) is 1. The lowest BCUT2D eigenvalue weighted by molar-refractivity contribution is 0.805. The molecule has 6 nitrogen and oxygen atoms in total. The molecule has 0 bridgehead atoms. The minimum Gasteiger partial charge on any atom is -0.343 e. The number of H-pyrrole nitrogens is 1. The van der Waals surface area contributed by atoms with E-state index < -0.39 is 0 Å². The Balaban J connectivity index is 2.09. The number of nitrogens with zero attached hydrogens (tertiary/aromatic N) is 5. The zero-order valence-corrected chi connectivity index (χ0v) is 10.2. The molecule has 0 amide bonds. The summed E-state index contributed by atoms with van der Waals surface area (Å²) in [5, 5.41) is 9.28. The van der Waals surface area contributed by atoms with E-state index in [0.29, 0.717) is 0 Å². The van der Waals surface area contributed by atoms with Crippen LogP contribution in [0.2, 0.25) is 0 Å². The summed E-state index contributed by atoms with van der Waals surface area (Å²) in [4.78, 5) is 11.8. The van der Waals surface area contributed by atoms with E-state index in [2.05, 4.69) is 25.3 Å². The quantitative estimate of drug-likeness (QED) is 0.560. The predicted octanol–water partition coefficient (Wildman–Crippen LogP) is 2.00. The van der Waals surface area contributed by atoms with E-state index in [1.54, 1.807) is 4.68 Å². The van der Waals surface area contributed by atoms with E-state index in [4.69, 9.17) is 0 Å². The molecule has 0 saturated heterocycles. The van der Waals surface area contributed by atoms with E-state index in [1.807, 2.05) is 37.3 Å². The van der Waals surface area contributed by atoms with Gasteiger partial charge in [0.25, 0.3) is 0 Å². The van der Waals surface area contributed by atoms with Crippen molar-refractivity contribution in [2.75, 3.05) is 0 Å². The Bertz CT molecular complexity index is 888. The molecular weight excluding hydrogens is 240 g/mol. The Morgan fingerprint density at radius 1 is 1.16 bits per heavy atom. The number of aromatic amines is 1. The van der Waals surface area contributed by atoms with Gasteiger partial charge in [-0.05, 0) is 25.1 Å². The van der Waals surface area contributed by atoms with Crippen LogP contribution in [0.3, 0.4) is 0 Å². The first-order chi connectivity index (χ1) is 9.33. The Kier molecular flexibility index (Phi) is 1.94. The minimum absolute atomic E-state index is 0.739. The van der Waals surface area contributed by atoms with E-state index in [9.17, 15) is 0 Å². The second-order valence-corrected chi connectivity index (χ2v) is 4.40. The Hall–Kier alpha value is -2.76. The molecule has 1 N–H and O–H groups in total. The van der Waals surface area contributed by atoms with Crippen molar-refractivity contribution >= 4 is 22.1 Å². The fourth-order valence-corrected chi connectivity index (χ4v) is 2.25. The van der Waals surface area contributed by atoms with Crippen molar-refractivity contribution in [2.45, 2.75) is 6.92 Å². The SMILES string of the molecule is Cc1cc2c(-n3nnc4ccccc43)ncnc2[nH]1. The number of fused-ring (bicyclic) bond motifs is 2. The Morgan fingerprint density at radius 3 is 3.00 bits per heavy atom. The highest BCUT2D eigenvalue weighted by atomic mass is 15.4. The highest BCUT2D eigenvalue weighted by Crippen LogP contribution is 2.21. The normalized spacial score (nSPS) is 11.4. The second kappa shape index (κ2) is 3.61. The van der Waals surface area contributed by atoms with Gasteiger partial charge < -0.3 is 4.98 Å². The lowest BCUT2D eigenvalue weighted by Crippen LogP contribution is -2.00. The highest BCUT2D eigenvalue weighted by Gasteiger charge is 2.12. The van der Waals surface area contributed by atoms with Crippen molar-refractivity contribution in [1.29, 1.82) is 0 Å². The van der Waals surface area contributed by atoms with Gasteiger partial charge >= 0.3 is 0 Å². The smallest absolute Gasteiger partial charge is 0.168 e. The van der Waals surface area contributed by atoms with E-state index in [1.165, 1.54) is 6.33 Å². The summed E-state index contributed by atoms with van der Waals surface area (Å²) in [6, 6.07) is 9.82. The maximum atomic E-state index is 4.34. The van der Waals surface area contributed by atoms with Crippen molar-refractivity contribution in [3.05, 3.63) is 42.4 Å². The molecule has 0 saturated carbocycles. The standard InChI is InChI=1S/C13H10N6/c1-8-6-9-12(16-8)14-7-15-13(9)19-11-5-3-2-4-10(11)17-18-19/h2-7H,1H3,(H,14,15,16). The van der Waals surface area contributed by atoms with Gasteiger partial charge in [-0.25, -0.2) is 9.97 Å². The summed E-state index contributed by atoms with van der Waals surface area (Å²) in [5.41, 5.74) is 3.63. The summed E-state index contributed by atoms with van der Waals surface area (Å²) < 4.78 is 1.74. The molecule has 3 heterocycles. The van der Waals surface area contributed by atoms with Gasteiger partial charge in [0.05, 0.1) is 10.9 Å². The van der Waals surface area contributed by atoms with Crippen LogP contribution in [0.15, 0.2) is 36.7 Å². The minimum atomic E-state index is 0.739. The van der Waals surface area contributed by atoms with Crippen LogP contribution >= 0.6 is 0 Å². The zero-order chi connectivity index (χ0) is 12.8. The number of aryl methyl sites for hydroxylation is 1. The van der Waals surface area contributed by atoms with Gasteiger partial charge in [0.15, 0.2) is 5.82 Å². The van der Waals surface area contributed by atoms with Gasteiger partial charge in [0.2, 0.25) is 0 Å². The molecule has 0 atom stereocenters. The summed E-state index contributed by atoms with van der Waals surface area (Å²) in [7, 11) is 0. The third-order valence-corrected chi connectivity index (χ3v) is 3.09. The van der Waals surface area contributed by atoms with E-state index in [-0.39, 0.29) is 0 Å². The maximum Gasteiger partial charge on any atom is 0.168 e. The van der Waals surface area contributed by atoms with Crippen LogP contribution in [0.4, 0.5) is 0 Å². The van der Waals surface area contributed by atoms with Crippen LogP contribution in [-0.2, 0) is 0 Å². The molecule has 0 aliphatic heterocycles. The van der Waals surface area contributed by atoms with Crippen LogP contribution in [0.1, 0.15) is 5.69 Å². The van der Waals surface area contributed by atoms with Crippen LogP contribution in [0.5, 0.6) is 0 Å². The summed E-state index contributed by atoms with van der Waals surface area (Å²) in [6.07, 6.45) is 1.53. The second-order valence-electron chi connectivity index (χ2n) is 4.40. The molecule has 3 aromatic heterocycles. The van der Waals surface area contributed by atoms with Crippen LogP contribution in [0.25, 0.3) is 27.9 Å². The number of aromatic nitrogens is 6. The largest absolute Gasteiger partial charge is 0.343 e. The molecule has 0 radical (unpaired) electrons. The van der Waals surface area contributed by atoms with Gasteiger partial charge in [0.1, 0.15) is 17.5 Å². The molecule has 1 aromatic carbocycles. The average Bonchev–Trinajstić information content (AvgIpc) is 3.00. The molecular formula is C13H10N6. The summed E-state index contributed by atoms with van der Waals surface area (Å²) >= 11 is 0. The molecule has 4 rings (SSSR count). The van der Waals surface area contributed by atoms with Crippen LogP contribution < -0.4 is 0 Å². The summed E-state index contributed by atoms with van der Waals surface area (Å²) in [6.45, 7) is 1.99. The van der Waals surface area contributed by atoms with Gasteiger partial charge in [-0.1, -0.05) is 17.3 Å². The fraction of sp³-hybridized carbons (Fsp3) is 0.0769. The summed E-state index contributed by atoms with van der Waals surface area (Å²) in [5.74, 6) is 0.739. The molecule has 0 aliphatic rings. The number of benzene rings is 1. The maximum absolute atomic E-state index is 4.34. The first kappa shape index (κ1) is 10.2. The van der Waals surface area contributed by atoms with Crippen LogP contribution in [0, 0.1) is 6.92 Å². The molecule has 0 unspecified atom stereocenters. The monoisotopic (exact) mass is 250 g/mol. The van der Waals surface area contributed by atoms with Crippen molar-refractivity contribution in [3.8, 4) is 5.82 Å². The predicted molar refractivity (Wildman–Crippen MR) is 71.0 cm³/mol. The average molecular weight is 250 g/mol. The molecule has 92 valence electrons. The van der Waals surface area contributed by atoms with Crippen molar-refractivity contribution in [2.24, 2.45) is 0 Å². The van der Waals surface area contributed by atoms with Crippen LogP contribution in [-0.4, -0.2) is 29.9 Å². The number of hydrogen-bond donors (Lipinski definition) is 1. The molecule has 0 aliphatic carbocycles. The first-order valence-electron chi connectivity index (χ1n) is 5.94. The lowest BCUT2D eigenvalue weighted by atomic mass is 10.3.